The molecule has 0 radical (unpaired) electrons. The van der Waals surface area contributed by atoms with Crippen molar-refractivity contribution in [2.24, 2.45) is 0 Å². The van der Waals surface area contributed by atoms with Crippen LogP contribution in [0.4, 0.5) is 11.4 Å². The molecule has 0 fully saturated rings. The predicted octanol–water partition coefficient (Wildman–Crippen LogP) is 1.36. The summed E-state index contributed by atoms with van der Waals surface area (Å²) < 4.78 is 9.76. The highest BCUT2D eigenvalue weighted by atomic mass is 16.6. The second-order valence-electron chi connectivity index (χ2n) is 4.47. The highest BCUT2D eigenvalue weighted by Crippen LogP contribution is 2.27. The van der Waals surface area contributed by atoms with Crippen LogP contribution in [0.1, 0.15) is 6.92 Å². The second kappa shape index (κ2) is 5.60. The molecule has 20 heavy (non-hydrogen) atoms. The molecule has 7 nitrogen and oxygen atoms in total. The number of hydrogen-bond acceptors (Lipinski definition) is 7. The molecule has 0 amide bonds. The Balaban J connectivity index is 2.06. The molecule has 106 valence electrons. The topological polar surface area (TPSA) is 94.5 Å². The van der Waals surface area contributed by atoms with E-state index in [0.29, 0.717) is 28.8 Å². The van der Waals surface area contributed by atoms with Crippen LogP contribution in [-0.4, -0.2) is 36.5 Å². The lowest BCUT2D eigenvalue weighted by Gasteiger charge is -2.19. The average molecular weight is 276 g/mol. The number of benzene rings is 1. The number of esters is 1. The van der Waals surface area contributed by atoms with Crippen LogP contribution in [-0.2, 0) is 9.53 Å². The van der Waals surface area contributed by atoms with Crippen LogP contribution in [0.3, 0.4) is 0 Å². The molecule has 7 heteroatoms. The van der Waals surface area contributed by atoms with E-state index < -0.39 is 5.97 Å². The maximum absolute atomic E-state index is 11.3. The highest BCUT2D eigenvalue weighted by Gasteiger charge is 2.13. The molecular weight excluding hydrogens is 260 g/mol. The van der Waals surface area contributed by atoms with E-state index in [-0.39, 0.29) is 6.61 Å². The molecule has 0 aliphatic rings. The predicted molar refractivity (Wildman–Crippen MR) is 75.3 cm³/mol. The van der Waals surface area contributed by atoms with E-state index in [9.17, 15) is 4.79 Å². The molecule has 1 heterocycles. The molecule has 0 unspecified atom stereocenters. The third-order valence-electron chi connectivity index (χ3n) is 2.84. The molecule has 2 N–H and O–H groups in total. The SMILES string of the molecule is C=C(C)C(=O)OCCN(C)c1ccc(N)c2nonc12. The standard InChI is InChI=1S/C13H16N4O3/c1-8(2)13(18)19-7-6-17(3)10-5-4-9(14)11-12(10)16-20-15-11/h4-5H,1,6-7,14H2,2-3H3. The Hall–Kier alpha value is -2.57. The third-order valence-corrected chi connectivity index (χ3v) is 2.84. The quantitative estimate of drug-likeness (QED) is 0.500. The number of aromatic nitrogens is 2. The highest BCUT2D eigenvalue weighted by molar-refractivity contribution is 5.95. The van der Waals surface area contributed by atoms with E-state index >= 15 is 0 Å². The summed E-state index contributed by atoms with van der Waals surface area (Å²) in [7, 11) is 1.86. The summed E-state index contributed by atoms with van der Waals surface area (Å²) in [5, 5.41) is 7.60. The first-order valence-electron chi connectivity index (χ1n) is 6.05. The van der Waals surface area contributed by atoms with Gasteiger partial charge in [-0.1, -0.05) is 6.58 Å². The Morgan fingerprint density at radius 2 is 2.15 bits per heavy atom. The fourth-order valence-electron chi connectivity index (χ4n) is 1.70. The molecule has 0 aliphatic heterocycles. The number of fused-ring (bicyclic) bond motifs is 1. The molecule has 0 saturated carbocycles. The van der Waals surface area contributed by atoms with Crippen LogP contribution in [0.5, 0.6) is 0 Å². The first kappa shape index (κ1) is 13.9. The molecule has 0 saturated heterocycles. The molecular formula is C13H16N4O3. The van der Waals surface area contributed by atoms with Gasteiger partial charge in [-0.15, -0.1) is 0 Å². The van der Waals surface area contributed by atoms with Crippen LogP contribution in [0.2, 0.25) is 0 Å². The Morgan fingerprint density at radius 1 is 1.45 bits per heavy atom. The Morgan fingerprint density at radius 3 is 2.85 bits per heavy atom. The number of rotatable bonds is 5. The van der Waals surface area contributed by atoms with E-state index in [0.717, 1.165) is 5.69 Å². The fourth-order valence-corrected chi connectivity index (χ4v) is 1.70. The van der Waals surface area contributed by atoms with Gasteiger partial charge < -0.3 is 15.4 Å². The van der Waals surface area contributed by atoms with Crippen molar-refractivity contribution in [3.63, 3.8) is 0 Å². The molecule has 1 aromatic carbocycles. The number of carbonyl (C=O) groups excluding carboxylic acids is 1. The number of carbonyl (C=O) groups is 1. The number of nitrogens with two attached hydrogens (primary N) is 1. The van der Waals surface area contributed by atoms with Crippen molar-refractivity contribution in [3.05, 3.63) is 24.3 Å². The lowest BCUT2D eigenvalue weighted by molar-refractivity contribution is -0.138. The number of nitrogens with zero attached hydrogens (tertiary/aromatic N) is 3. The molecule has 0 bridgehead atoms. The zero-order valence-corrected chi connectivity index (χ0v) is 11.4. The Labute approximate surface area is 115 Å². The van der Waals surface area contributed by atoms with E-state index in [1.165, 1.54) is 0 Å². The molecule has 2 aromatic rings. The zero-order valence-electron chi connectivity index (χ0n) is 11.4. The zero-order chi connectivity index (χ0) is 14.7. The van der Waals surface area contributed by atoms with Crippen molar-refractivity contribution in [1.82, 2.24) is 10.3 Å². The van der Waals surface area contributed by atoms with Crippen molar-refractivity contribution in [1.29, 1.82) is 0 Å². The minimum Gasteiger partial charge on any atom is -0.460 e. The van der Waals surface area contributed by atoms with Crippen molar-refractivity contribution in [3.8, 4) is 0 Å². The first-order valence-corrected chi connectivity index (χ1v) is 6.05. The maximum atomic E-state index is 11.3. The summed E-state index contributed by atoms with van der Waals surface area (Å²) in [5.74, 6) is -0.399. The van der Waals surface area contributed by atoms with Crippen LogP contribution < -0.4 is 10.6 Å². The van der Waals surface area contributed by atoms with Crippen LogP contribution >= 0.6 is 0 Å². The van der Waals surface area contributed by atoms with Gasteiger partial charge in [0.15, 0.2) is 11.0 Å². The number of hydrogen-bond donors (Lipinski definition) is 1. The van der Waals surface area contributed by atoms with Crippen molar-refractivity contribution in [2.45, 2.75) is 6.92 Å². The van der Waals surface area contributed by atoms with Gasteiger partial charge in [0.05, 0.1) is 17.9 Å². The van der Waals surface area contributed by atoms with Crippen molar-refractivity contribution in [2.75, 3.05) is 30.8 Å². The summed E-state index contributed by atoms with van der Waals surface area (Å²) in [4.78, 5) is 13.2. The Bertz CT molecular complexity index is 650. The van der Waals surface area contributed by atoms with E-state index in [1.807, 2.05) is 18.0 Å². The van der Waals surface area contributed by atoms with Gasteiger partial charge in [-0.3, -0.25) is 0 Å². The molecule has 2 rings (SSSR count). The lowest BCUT2D eigenvalue weighted by Crippen LogP contribution is -2.24. The number of anilines is 2. The minimum atomic E-state index is -0.399. The smallest absolute Gasteiger partial charge is 0.333 e. The summed E-state index contributed by atoms with van der Waals surface area (Å²) in [6, 6.07) is 3.56. The summed E-state index contributed by atoms with van der Waals surface area (Å²) in [6.07, 6.45) is 0. The van der Waals surface area contributed by atoms with Crippen molar-refractivity contribution < 1.29 is 14.2 Å². The monoisotopic (exact) mass is 276 g/mol. The summed E-state index contributed by atoms with van der Waals surface area (Å²) in [6.45, 7) is 5.88. The number of ether oxygens (including phenoxy) is 1. The third kappa shape index (κ3) is 2.71. The van der Waals surface area contributed by atoms with Gasteiger partial charge in [0, 0.05) is 12.6 Å². The molecule has 0 aliphatic carbocycles. The Kier molecular flexibility index (Phi) is 3.88. The molecule has 0 atom stereocenters. The second-order valence-corrected chi connectivity index (χ2v) is 4.47. The minimum absolute atomic E-state index is 0.249. The van der Waals surface area contributed by atoms with Gasteiger partial charge in [-0.25, -0.2) is 9.42 Å². The first-order chi connectivity index (χ1) is 9.50. The van der Waals surface area contributed by atoms with Gasteiger partial charge in [0.25, 0.3) is 0 Å². The van der Waals surface area contributed by atoms with Gasteiger partial charge >= 0.3 is 5.97 Å². The lowest BCUT2D eigenvalue weighted by atomic mass is 10.2. The molecule has 1 aromatic heterocycles. The largest absolute Gasteiger partial charge is 0.460 e. The average Bonchev–Trinajstić information content (AvgIpc) is 2.88. The van der Waals surface area contributed by atoms with E-state index in [4.69, 9.17) is 15.1 Å². The summed E-state index contributed by atoms with van der Waals surface area (Å²) in [5.41, 5.74) is 8.58. The van der Waals surface area contributed by atoms with Gasteiger partial charge in [-0.05, 0) is 29.4 Å². The number of nitrogen functional groups attached to an aromatic ring is 1. The van der Waals surface area contributed by atoms with E-state index in [1.54, 1.807) is 13.0 Å². The normalized spacial score (nSPS) is 10.5. The maximum Gasteiger partial charge on any atom is 0.333 e. The van der Waals surface area contributed by atoms with Gasteiger partial charge in [-0.2, -0.15) is 0 Å². The molecule has 0 spiro atoms. The van der Waals surface area contributed by atoms with Crippen LogP contribution in [0, 0.1) is 0 Å². The van der Waals surface area contributed by atoms with E-state index in [2.05, 4.69) is 16.9 Å². The van der Waals surface area contributed by atoms with Gasteiger partial charge in [0.1, 0.15) is 6.61 Å². The fraction of sp³-hybridized carbons (Fsp3) is 0.308. The van der Waals surface area contributed by atoms with Crippen LogP contribution in [0.15, 0.2) is 28.9 Å². The van der Waals surface area contributed by atoms with Gasteiger partial charge in [0.2, 0.25) is 0 Å². The van der Waals surface area contributed by atoms with Crippen molar-refractivity contribution >= 4 is 28.4 Å². The van der Waals surface area contributed by atoms with Crippen LogP contribution in [0.25, 0.3) is 11.0 Å². The summed E-state index contributed by atoms with van der Waals surface area (Å²) >= 11 is 0. The number of likely N-dealkylation sites (N-methyl/N-ethyl adjacent to an activating group) is 1.